The molecule has 0 bridgehead atoms. The first-order valence-corrected chi connectivity index (χ1v) is 10.1. The van der Waals surface area contributed by atoms with Crippen LogP contribution in [0.4, 0.5) is 4.79 Å². The Balaban J connectivity index is 1.87. The van der Waals surface area contributed by atoms with Gasteiger partial charge in [0.05, 0.1) is 24.0 Å². The molecule has 7 heteroatoms. The van der Waals surface area contributed by atoms with Gasteiger partial charge in [-0.15, -0.1) is 0 Å². The van der Waals surface area contributed by atoms with Gasteiger partial charge in [-0.25, -0.2) is 9.48 Å². The first-order chi connectivity index (χ1) is 15.0. The number of hydrogen-bond donors (Lipinski definition) is 2. The Morgan fingerprint density at radius 1 is 1.16 bits per heavy atom. The molecule has 0 saturated carbocycles. The summed E-state index contributed by atoms with van der Waals surface area (Å²) < 4.78 is 7.03. The van der Waals surface area contributed by atoms with Crippen molar-refractivity contribution in [1.82, 2.24) is 20.4 Å². The minimum absolute atomic E-state index is 0.234. The number of hydrogen-bond acceptors (Lipinski definition) is 4. The van der Waals surface area contributed by atoms with Gasteiger partial charge in [-0.3, -0.25) is 4.79 Å². The first-order valence-electron chi connectivity index (χ1n) is 10.1. The van der Waals surface area contributed by atoms with Crippen molar-refractivity contribution in [2.75, 3.05) is 6.61 Å². The van der Waals surface area contributed by atoms with E-state index < -0.39 is 24.0 Å². The maximum absolute atomic E-state index is 12.8. The third-order valence-corrected chi connectivity index (χ3v) is 5.23. The fraction of sp³-hybridized carbons (Fsp3) is 0.208. The van der Waals surface area contributed by atoms with Gasteiger partial charge in [-0.1, -0.05) is 54.6 Å². The third-order valence-electron chi connectivity index (χ3n) is 5.23. The Hall–Kier alpha value is -3.87. The highest BCUT2D eigenvalue weighted by atomic mass is 16.5. The molecule has 1 saturated heterocycles. The van der Waals surface area contributed by atoms with Gasteiger partial charge in [0.15, 0.2) is 0 Å². The number of nitrogens with one attached hydrogen (secondary N) is 2. The molecular formula is C24H24N4O3. The minimum atomic E-state index is -0.782. The average molecular weight is 416 g/mol. The Bertz CT molecular complexity index is 1120. The first kappa shape index (κ1) is 20.4. The molecule has 1 aromatic heterocycles. The summed E-state index contributed by atoms with van der Waals surface area (Å²) in [6.45, 7) is 7.90. The summed E-state index contributed by atoms with van der Waals surface area (Å²) in [7, 11) is 0. The largest absolute Gasteiger partial charge is 0.465 e. The molecule has 2 N–H and O–H groups in total. The zero-order valence-corrected chi connectivity index (χ0v) is 17.5. The second-order valence-corrected chi connectivity index (χ2v) is 7.41. The molecular weight excluding hydrogens is 392 g/mol. The fourth-order valence-corrected chi connectivity index (χ4v) is 3.72. The summed E-state index contributed by atoms with van der Waals surface area (Å²) in [5.41, 5.74) is 4.57. The molecule has 7 nitrogen and oxygen atoms in total. The number of urea groups is 1. The van der Waals surface area contributed by atoms with E-state index in [0.29, 0.717) is 17.0 Å². The van der Waals surface area contributed by atoms with Crippen LogP contribution in [0, 0.1) is 12.8 Å². The Morgan fingerprint density at radius 3 is 2.55 bits per heavy atom. The topological polar surface area (TPSA) is 85.3 Å². The van der Waals surface area contributed by atoms with Gasteiger partial charge in [-0.2, -0.15) is 5.10 Å². The Morgan fingerprint density at radius 2 is 1.87 bits per heavy atom. The lowest BCUT2D eigenvalue weighted by Gasteiger charge is -2.32. The molecule has 158 valence electrons. The van der Waals surface area contributed by atoms with E-state index in [1.165, 1.54) is 0 Å². The van der Waals surface area contributed by atoms with Crippen molar-refractivity contribution in [2.45, 2.75) is 19.9 Å². The van der Waals surface area contributed by atoms with Crippen LogP contribution in [0.1, 0.15) is 24.1 Å². The highest BCUT2D eigenvalue weighted by molar-refractivity contribution is 5.86. The standard InChI is InChI=1S/C24H24N4O3/c1-4-31-23(29)20-16(3)25-24(30)26-22(20)19-14-28(18-8-6-5-7-9-18)27-21(19)17-12-10-15(2)11-13-17/h5-14,20,22H,3-4H2,1-2H3,(H2,25,26,30)/t20-,22+/m0/s1. The molecule has 2 heterocycles. The predicted molar refractivity (Wildman–Crippen MR) is 117 cm³/mol. The van der Waals surface area contributed by atoms with Crippen molar-refractivity contribution in [1.29, 1.82) is 0 Å². The molecule has 0 aliphatic carbocycles. The molecule has 0 radical (unpaired) electrons. The summed E-state index contributed by atoms with van der Waals surface area (Å²) in [5, 5.41) is 10.3. The van der Waals surface area contributed by atoms with Gasteiger partial charge in [0.2, 0.25) is 0 Å². The maximum atomic E-state index is 12.8. The van der Waals surface area contributed by atoms with Gasteiger partial charge in [0.25, 0.3) is 0 Å². The summed E-state index contributed by atoms with van der Waals surface area (Å²) in [4.78, 5) is 25.1. The number of amides is 2. The lowest BCUT2D eigenvalue weighted by molar-refractivity contribution is -0.147. The number of benzene rings is 2. The second kappa shape index (κ2) is 8.47. The van der Waals surface area contributed by atoms with Gasteiger partial charge >= 0.3 is 12.0 Å². The van der Waals surface area contributed by atoms with Crippen LogP contribution in [-0.4, -0.2) is 28.4 Å². The van der Waals surface area contributed by atoms with Crippen LogP contribution in [0.5, 0.6) is 0 Å². The highest BCUT2D eigenvalue weighted by Crippen LogP contribution is 2.36. The van der Waals surface area contributed by atoms with Crippen LogP contribution in [0.25, 0.3) is 16.9 Å². The predicted octanol–water partition coefficient (Wildman–Crippen LogP) is 3.89. The van der Waals surface area contributed by atoms with Crippen LogP contribution in [0.2, 0.25) is 0 Å². The van der Waals surface area contributed by atoms with Crippen LogP contribution in [0.3, 0.4) is 0 Å². The SMILES string of the molecule is C=C1NC(=O)N[C@H](c2cn(-c3ccccc3)nc2-c2ccc(C)cc2)[C@H]1C(=O)OCC. The molecule has 0 unspecified atom stereocenters. The molecule has 0 spiro atoms. The maximum Gasteiger partial charge on any atom is 0.319 e. The number of para-hydroxylation sites is 1. The minimum Gasteiger partial charge on any atom is -0.465 e. The molecule has 31 heavy (non-hydrogen) atoms. The summed E-state index contributed by atoms with van der Waals surface area (Å²) in [6, 6.07) is 16.6. The monoisotopic (exact) mass is 416 g/mol. The molecule has 1 aliphatic rings. The smallest absolute Gasteiger partial charge is 0.319 e. The number of aryl methyl sites for hydroxylation is 1. The van der Waals surface area contributed by atoms with Crippen molar-refractivity contribution in [3.8, 4) is 16.9 Å². The van der Waals surface area contributed by atoms with E-state index in [4.69, 9.17) is 9.84 Å². The number of rotatable bonds is 5. The number of carbonyl (C=O) groups is 2. The van der Waals surface area contributed by atoms with E-state index in [0.717, 1.165) is 16.8 Å². The molecule has 1 fully saturated rings. The third kappa shape index (κ3) is 4.07. The van der Waals surface area contributed by atoms with Gasteiger partial charge in [-0.05, 0) is 26.0 Å². The van der Waals surface area contributed by atoms with E-state index in [9.17, 15) is 9.59 Å². The quantitative estimate of drug-likeness (QED) is 0.618. The van der Waals surface area contributed by atoms with E-state index in [1.807, 2.05) is 67.7 Å². The molecule has 2 aromatic carbocycles. The van der Waals surface area contributed by atoms with Crippen LogP contribution in [-0.2, 0) is 9.53 Å². The van der Waals surface area contributed by atoms with Crippen molar-refractivity contribution in [3.05, 3.63) is 84.2 Å². The lowest BCUT2D eigenvalue weighted by atomic mass is 9.88. The van der Waals surface area contributed by atoms with Crippen molar-refractivity contribution in [2.24, 2.45) is 5.92 Å². The summed E-state index contributed by atoms with van der Waals surface area (Å²) in [5.74, 6) is -1.23. The second-order valence-electron chi connectivity index (χ2n) is 7.41. The van der Waals surface area contributed by atoms with Crippen LogP contribution >= 0.6 is 0 Å². The lowest BCUT2D eigenvalue weighted by Crippen LogP contribution is -2.51. The zero-order valence-electron chi connectivity index (χ0n) is 17.5. The van der Waals surface area contributed by atoms with Gasteiger partial charge < -0.3 is 15.4 Å². The fourth-order valence-electron chi connectivity index (χ4n) is 3.72. The molecule has 1 aliphatic heterocycles. The number of nitrogens with zero attached hydrogens (tertiary/aromatic N) is 2. The van der Waals surface area contributed by atoms with Crippen molar-refractivity contribution >= 4 is 12.0 Å². The van der Waals surface area contributed by atoms with E-state index in [-0.39, 0.29) is 6.61 Å². The number of carbonyl (C=O) groups excluding carboxylic acids is 2. The Kier molecular flexibility index (Phi) is 5.58. The van der Waals surface area contributed by atoms with E-state index >= 15 is 0 Å². The zero-order chi connectivity index (χ0) is 22.0. The number of aromatic nitrogens is 2. The number of ether oxygens (including phenoxy) is 1. The van der Waals surface area contributed by atoms with E-state index in [1.54, 1.807) is 11.6 Å². The number of esters is 1. The normalized spacial score (nSPS) is 18.3. The van der Waals surface area contributed by atoms with Gasteiger partial charge in [0, 0.05) is 23.0 Å². The van der Waals surface area contributed by atoms with Crippen molar-refractivity contribution < 1.29 is 14.3 Å². The molecule has 4 rings (SSSR count). The highest BCUT2D eigenvalue weighted by Gasteiger charge is 2.41. The van der Waals surface area contributed by atoms with Crippen LogP contribution < -0.4 is 10.6 Å². The summed E-state index contributed by atoms with van der Waals surface area (Å²) in [6.07, 6.45) is 1.85. The van der Waals surface area contributed by atoms with Gasteiger partial charge in [0.1, 0.15) is 5.92 Å². The van der Waals surface area contributed by atoms with E-state index in [2.05, 4.69) is 17.2 Å². The average Bonchev–Trinajstić information content (AvgIpc) is 3.20. The molecule has 2 amide bonds. The van der Waals surface area contributed by atoms with Crippen LogP contribution in [0.15, 0.2) is 73.1 Å². The Labute approximate surface area is 180 Å². The molecule has 2 atom stereocenters. The summed E-state index contributed by atoms with van der Waals surface area (Å²) >= 11 is 0. The van der Waals surface area contributed by atoms with Crippen molar-refractivity contribution in [3.63, 3.8) is 0 Å². The molecule has 3 aromatic rings.